The normalized spacial score (nSPS) is 12.4. The van der Waals surface area contributed by atoms with Crippen LogP contribution in [0.15, 0.2) is 66.7 Å². The summed E-state index contributed by atoms with van der Waals surface area (Å²) < 4.78 is 5.75. The Balaban J connectivity index is 1.23. The summed E-state index contributed by atoms with van der Waals surface area (Å²) in [6.07, 6.45) is 2.91. The molecule has 4 rings (SSSR count). The molecule has 3 aromatic rings. The quantitative estimate of drug-likeness (QED) is 0.577. The molecule has 2 aromatic carbocycles. The first-order chi connectivity index (χ1) is 14.3. The van der Waals surface area contributed by atoms with Gasteiger partial charge in [0.2, 0.25) is 0 Å². The second-order valence-electron chi connectivity index (χ2n) is 6.91. The third kappa shape index (κ3) is 5.25. The van der Waals surface area contributed by atoms with Crippen LogP contribution in [-0.2, 0) is 12.8 Å². The van der Waals surface area contributed by atoms with Crippen molar-refractivity contribution in [3.05, 3.63) is 78.0 Å². The molecule has 0 aliphatic carbocycles. The van der Waals surface area contributed by atoms with Crippen molar-refractivity contribution in [3.8, 4) is 11.5 Å². The number of fused-ring (bicyclic) bond motifs is 1. The summed E-state index contributed by atoms with van der Waals surface area (Å²) in [7, 11) is 0. The zero-order chi connectivity index (χ0) is 19.9. The molecule has 0 spiro atoms. The van der Waals surface area contributed by atoms with Crippen LogP contribution in [-0.4, -0.2) is 24.1 Å². The number of aryl methyl sites for hydroxylation is 1. The minimum Gasteiger partial charge on any atom is -0.457 e. The van der Waals surface area contributed by atoms with Crippen molar-refractivity contribution in [1.82, 2.24) is 10.3 Å². The highest BCUT2D eigenvalue weighted by molar-refractivity contribution is 5.89. The molecule has 3 N–H and O–H groups in total. The van der Waals surface area contributed by atoms with Crippen LogP contribution in [0.3, 0.4) is 0 Å². The number of rotatable bonds is 6. The Morgan fingerprint density at radius 1 is 1.00 bits per heavy atom. The van der Waals surface area contributed by atoms with E-state index in [0.717, 1.165) is 36.6 Å². The zero-order valence-corrected chi connectivity index (χ0v) is 16.2. The van der Waals surface area contributed by atoms with E-state index in [1.165, 1.54) is 5.56 Å². The number of pyridine rings is 1. The fourth-order valence-electron chi connectivity index (χ4n) is 3.22. The van der Waals surface area contributed by atoms with Gasteiger partial charge in [0.05, 0.1) is 0 Å². The van der Waals surface area contributed by atoms with Gasteiger partial charge in [0.1, 0.15) is 17.3 Å². The molecular formula is C23H24N4O2. The van der Waals surface area contributed by atoms with Crippen LogP contribution in [0.4, 0.5) is 16.3 Å². The minimum atomic E-state index is -0.238. The van der Waals surface area contributed by atoms with Gasteiger partial charge in [0.15, 0.2) is 0 Å². The smallest absolute Gasteiger partial charge is 0.319 e. The Morgan fingerprint density at radius 3 is 2.62 bits per heavy atom. The van der Waals surface area contributed by atoms with E-state index in [0.29, 0.717) is 24.4 Å². The lowest BCUT2D eigenvalue weighted by molar-refractivity contribution is 0.252. The van der Waals surface area contributed by atoms with Crippen molar-refractivity contribution in [1.29, 1.82) is 0 Å². The first-order valence-corrected chi connectivity index (χ1v) is 9.87. The van der Waals surface area contributed by atoms with Gasteiger partial charge in [0.25, 0.3) is 0 Å². The Morgan fingerprint density at radius 2 is 1.79 bits per heavy atom. The maximum absolute atomic E-state index is 12.1. The highest BCUT2D eigenvalue weighted by Gasteiger charge is 2.10. The molecule has 0 radical (unpaired) electrons. The van der Waals surface area contributed by atoms with Crippen LogP contribution in [0.25, 0.3) is 0 Å². The number of aromatic nitrogens is 1. The lowest BCUT2D eigenvalue weighted by Crippen LogP contribution is -2.30. The molecule has 1 aromatic heterocycles. The van der Waals surface area contributed by atoms with Crippen molar-refractivity contribution in [2.75, 3.05) is 23.7 Å². The summed E-state index contributed by atoms with van der Waals surface area (Å²) >= 11 is 0. The minimum absolute atomic E-state index is 0.238. The molecule has 1 aliphatic heterocycles. The van der Waals surface area contributed by atoms with Crippen molar-refractivity contribution < 1.29 is 9.53 Å². The Bertz CT molecular complexity index is 958. The van der Waals surface area contributed by atoms with Crippen LogP contribution in [0.1, 0.15) is 17.7 Å². The molecular weight excluding hydrogens is 364 g/mol. The lowest BCUT2D eigenvalue weighted by Gasteiger charge is -2.17. The molecule has 0 saturated carbocycles. The van der Waals surface area contributed by atoms with Gasteiger partial charge in [-0.2, -0.15) is 0 Å². The first kappa shape index (κ1) is 18.8. The summed E-state index contributed by atoms with van der Waals surface area (Å²) in [5.41, 5.74) is 2.95. The van der Waals surface area contributed by atoms with Crippen LogP contribution in [0.5, 0.6) is 11.5 Å². The van der Waals surface area contributed by atoms with Crippen molar-refractivity contribution in [3.63, 3.8) is 0 Å². The van der Waals surface area contributed by atoms with Gasteiger partial charge in [-0.1, -0.05) is 24.3 Å². The highest BCUT2D eigenvalue weighted by atomic mass is 16.5. The third-order valence-electron chi connectivity index (χ3n) is 4.71. The van der Waals surface area contributed by atoms with E-state index in [2.05, 4.69) is 27.0 Å². The van der Waals surface area contributed by atoms with Gasteiger partial charge in [-0.25, -0.2) is 9.78 Å². The second kappa shape index (κ2) is 9.10. The van der Waals surface area contributed by atoms with Gasteiger partial charge < -0.3 is 20.7 Å². The molecule has 6 heteroatoms. The van der Waals surface area contributed by atoms with Gasteiger partial charge in [-0.3, -0.25) is 0 Å². The summed E-state index contributed by atoms with van der Waals surface area (Å²) in [6, 6.07) is 20.8. The van der Waals surface area contributed by atoms with Crippen LogP contribution >= 0.6 is 0 Å². The van der Waals surface area contributed by atoms with Gasteiger partial charge >= 0.3 is 6.03 Å². The van der Waals surface area contributed by atoms with Crippen LogP contribution in [0, 0.1) is 0 Å². The predicted octanol–water partition coefficient (Wildman–Crippen LogP) is 4.60. The monoisotopic (exact) mass is 388 g/mol. The molecule has 0 fully saturated rings. The van der Waals surface area contributed by atoms with E-state index in [-0.39, 0.29) is 6.03 Å². The lowest BCUT2D eigenvalue weighted by atomic mass is 10.1. The second-order valence-corrected chi connectivity index (χ2v) is 6.91. The Kier molecular flexibility index (Phi) is 5.90. The number of urea groups is 1. The first-order valence-electron chi connectivity index (χ1n) is 9.87. The molecule has 0 bridgehead atoms. The average Bonchev–Trinajstić information content (AvgIpc) is 2.76. The standard InChI is InChI=1S/C23H24N4O2/c28-23(25-16-14-19-9-8-17-5-4-15-24-22(17)26-19)27-18-10-12-21(13-11-18)29-20-6-2-1-3-7-20/h1-3,6-13H,4-5,14-16H2,(H,24,26)(H2,25,27,28). The topological polar surface area (TPSA) is 75.3 Å². The molecule has 0 unspecified atom stereocenters. The molecule has 148 valence electrons. The molecule has 0 saturated heterocycles. The van der Waals surface area contributed by atoms with Crippen molar-refractivity contribution in [2.45, 2.75) is 19.3 Å². The number of carbonyl (C=O) groups is 1. The number of amides is 2. The maximum Gasteiger partial charge on any atom is 0.319 e. The maximum atomic E-state index is 12.1. The molecule has 0 atom stereocenters. The summed E-state index contributed by atoms with van der Waals surface area (Å²) in [5, 5.41) is 9.04. The largest absolute Gasteiger partial charge is 0.457 e. The number of carbonyl (C=O) groups excluding carboxylic acids is 1. The van der Waals surface area contributed by atoms with Crippen LogP contribution < -0.4 is 20.7 Å². The number of hydrogen-bond acceptors (Lipinski definition) is 4. The van der Waals surface area contributed by atoms with Gasteiger partial charge in [-0.15, -0.1) is 0 Å². The molecule has 1 aliphatic rings. The zero-order valence-electron chi connectivity index (χ0n) is 16.2. The SMILES string of the molecule is O=C(NCCc1ccc2c(n1)NCCC2)Nc1ccc(Oc2ccccc2)cc1. The number of para-hydroxylation sites is 1. The van der Waals surface area contributed by atoms with E-state index in [4.69, 9.17) is 4.74 Å². The Hall–Kier alpha value is -3.54. The fraction of sp³-hybridized carbons (Fsp3) is 0.217. The van der Waals surface area contributed by atoms with E-state index in [1.54, 1.807) is 0 Å². The third-order valence-corrected chi connectivity index (χ3v) is 4.71. The van der Waals surface area contributed by atoms with E-state index in [9.17, 15) is 4.79 Å². The Labute approximate surface area is 170 Å². The summed E-state index contributed by atoms with van der Waals surface area (Å²) in [6.45, 7) is 1.49. The molecule has 6 nitrogen and oxygen atoms in total. The number of benzene rings is 2. The van der Waals surface area contributed by atoms with E-state index >= 15 is 0 Å². The van der Waals surface area contributed by atoms with E-state index in [1.807, 2.05) is 60.7 Å². The highest BCUT2D eigenvalue weighted by Crippen LogP contribution is 2.22. The molecule has 29 heavy (non-hydrogen) atoms. The summed E-state index contributed by atoms with van der Waals surface area (Å²) in [5.74, 6) is 2.47. The number of nitrogens with zero attached hydrogens (tertiary/aromatic N) is 1. The number of hydrogen-bond donors (Lipinski definition) is 3. The molecule has 2 amide bonds. The number of nitrogens with one attached hydrogen (secondary N) is 3. The predicted molar refractivity (Wildman–Crippen MR) is 115 cm³/mol. The van der Waals surface area contributed by atoms with Crippen LogP contribution in [0.2, 0.25) is 0 Å². The summed E-state index contributed by atoms with van der Waals surface area (Å²) in [4.78, 5) is 16.8. The van der Waals surface area contributed by atoms with E-state index < -0.39 is 0 Å². The van der Waals surface area contributed by atoms with Gasteiger partial charge in [0, 0.05) is 30.9 Å². The van der Waals surface area contributed by atoms with Crippen molar-refractivity contribution in [2.24, 2.45) is 0 Å². The number of ether oxygens (including phenoxy) is 1. The van der Waals surface area contributed by atoms with Gasteiger partial charge in [-0.05, 0) is 60.9 Å². The molecule has 2 heterocycles. The average molecular weight is 388 g/mol. The fourth-order valence-corrected chi connectivity index (χ4v) is 3.22. The van der Waals surface area contributed by atoms with Crippen molar-refractivity contribution >= 4 is 17.5 Å². The number of anilines is 2.